The Balaban J connectivity index is 1.45. The minimum atomic E-state index is -0.316. The van der Waals surface area contributed by atoms with Gasteiger partial charge in [0.15, 0.2) is 0 Å². The summed E-state index contributed by atoms with van der Waals surface area (Å²) in [6.07, 6.45) is 0. The molecular formula is C21H18ClFN2O2. The highest BCUT2D eigenvalue weighted by Gasteiger charge is 2.03. The second kappa shape index (κ2) is 9.05. The molecule has 1 amide bonds. The predicted octanol–water partition coefficient (Wildman–Crippen LogP) is 5.11. The van der Waals surface area contributed by atoms with Crippen LogP contribution in [-0.2, 0) is 11.4 Å². The molecule has 6 heteroatoms. The summed E-state index contributed by atoms with van der Waals surface area (Å²) in [6.45, 7) is 0.519. The molecule has 0 radical (unpaired) electrons. The van der Waals surface area contributed by atoms with E-state index in [1.165, 1.54) is 12.1 Å². The fraction of sp³-hybridized carbons (Fsp3) is 0.0952. The molecule has 0 bridgehead atoms. The van der Waals surface area contributed by atoms with E-state index in [1.807, 2.05) is 24.3 Å². The van der Waals surface area contributed by atoms with Crippen LogP contribution in [0.25, 0.3) is 0 Å². The molecule has 0 aliphatic rings. The average molecular weight is 385 g/mol. The van der Waals surface area contributed by atoms with E-state index in [-0.39, 0.29) is 18.3 Å². The number of hydrogen-bond acceptors (Lipinski definition) is 3. The quantitative estimate of drug-likeness (QED) is 0.595. The maximum Gasteiger partial charge on any atom is 0.243 e. The van der Waals surface area contributed by atoms with Crippen LogP contribution in [0.3, 0.4) is 0 Å². The van der Waals surface area contributed by atoms with Gasteiger partial charge in [-0.25, -0.2) is 4.39 Å². The van der Waals surface area contributed by atoms with Crippen LogP contribution < -0.4 is 15.4 Å². The van der Waals surface area contributed by atoms with E-state index in [9.17, 15) is 9.18 Å². The van der Waals surface area contributed by atoms with Gasteiger partial charge >= 0.3 is 0 Å². The molecule has 3 aromatic rings. The number of ether oxygens (including phenoxy) is 1. The van der Waals surface area contributed by atoms with Crippen molar-refractivity contribution in [1.82, 2.24) is 0 Å². The fourth-order valence-electron chi connectivity index (χ4n) is 2.34. The van der Waals surface area contributed by atoms with Crippen molar-refractivity contribution in [3.8, 4) is 5.75 Å². The highest BCUT2D eigenvalue weighted by molar-refractivity contribution is 6.30. The molecular weight excluding hydrogens is 367 g/mol. The second-order valence-electron chi connectivity index (χ2n) is 5.85. The first-order valence-corrected chi connectivity index (χ1v) is 8.73. The van der Waals surface area contributed by atoms with Gasteiger partial charge in [-0.1, -0.05) is 23.7 Å². The number of carbonyl (C=O) groups excluding carboxylic acids is 1. The molecule has 4 nitrogen and oxygen atoms in total. The van der Waals surface area contributed by atoms with Gasteiger partial charge in [0.1, 0.15) is 18.2 Å². The first kappa shape index (κ1) is 18.7. The summed E-state index contributed by atoms with van der Waals surface area (Å²) in [5.74, 6) is 0.185. The van der Waals surface area contributed by atoms with Gasteiger partial charge in [0.2, 0.25) is 5.91 Å². The van der Waals surface area contributed by atoms with Crippen molar-refractivity contribution in [2.24, 2.45) is 0 Å². The SMILES string of the molecule is O=C(CNc1ccc(F)cc1)Nc1ccc(OCc2ccc(Cl)cc2)cc1. The van der Waals surface area contributed by atoms with Crippen LogP contribution in [0.2, 0.25) is 5.02 Å². The zero-order valence-corrected chi connectivity index (χ0v) is 15.2. The van der Waals surface area contributed by atoms with Crippen LogP contribution >= 0.6 is 11.6 Å². The monoisotopic (exact) mass is 384 g/mol. The van der Waals surface area contributed by atoms with Crippen LogP contribution in [0.15, 0.2) is 72.8 Å². The molecule has 0 spiro atoms. The fourth-order valence-corrected chi connectivity index (χ4v) is 2.46. The average Bonchev–Trinajstić information content (AvgIpc) is 2.68. The lowest BCUT2D eigenvalue weighted by Crippen LogP contribution is -2.21. The van der Waals surface area contributed by atoms with Crippen molar-refractivity contribution >= 4 is 28.9 Å². The van der Waals surface area contributed by atoms with Gasteiger partial charge in [0, 0.05) is 16.4 Å². The van der Waals surface area contributed by atoms with Crippen LogP contribution in [0, 0.1) is 5.82 Å². The van der Waals surface area contributed by atoms with Gasteiger partial charge in [-0.2, -0.15) is 0 Å². The number of halogens is 2. The third-order valence-electron chi connectivity index (χ3n) is 3.75. The Hall–Kier alpha value is -3.05. The van der Waals surface area contributed by atoms with Crippen molar-refractivity contribution in [1.29, 1.82) is 0 Å². The Morgan fingerprint density at radius 3 is 2.19 bits per heavy atom. The molecule has 0 heterocycles. The summed E-state index contributed by atoms with van der Waals surface area (Å²) in [6, 6.07) is 20.4. The number of anilines is 2. The summed E-state index contributed by atoms with van der Waals surface area (Å²) in [5, 5.41) is 6.41. The number of carbonyl (C=O) groups is 1. The highest BCUT2D eigenvalue weighted by atomic mass is 35.5. The van der Waals surface area contributed by atoms with Crippen molar-refractivity contribution in [3.63, 3.8) is 0 Å². The first-order valence-electron chi connectivity index (χ1n) is 8.35. The van der Waals surface area contributed by atoms with E-state index in [2.05, 4.69) is 10.6 Å². The van der Waals surface area contributed by atoms with Gasteiger partial charge in [0.05, 0.1) is 6.54 Å². The highest BCUT2D eigenvalue weighted by Crippen LogP contribution is 2.18. The largest absolute Gasteiger partial charge is 0.489 e. The maximum absolute atomic E-state index is 12.9. The summed E-state index contributed by atoms with van der Waals surface area (Å²) < 4.78 is 18.6. The smallest absolute Gasteiger partial charge is 0.243 e. The molecule has 0 aliphatic carbocycles. The molecule has 0 saturated carbocycles. The number of hydrogen-bond donors (Lipinski definition) is 2. The van der Waals surface area contributed by atoms with Crippen molar-refractivity contribution in [3.05, 3.63) is 89.2 Å². The number of rotatable bonds is 7. The van der Waals surface area contributed by atoms with Crippen LogP contribution in [0.1, 0.15) is 5.56 Å². The van der Waals surface area contributed by atoms with Crippen LogP contribution in [0.4, 0.5) is 15.8 Å². The second-order valence-corrected chi connectivity index (χ2v) is 6.28. The molecule has 3 rings (SSSR count). The molecule has 0 atom stereocenters. The van der Waals surface area contributed by atoms with Gasteiger partial charge < -0.3 is 15.4 Å². The Bertz CT molecular complexity index is 882. The zero-order valence-electron chi connectivity index (χ0n) is 14.4. The third-order valence-corrected chi connectivity index (χ3v) is 4.01. The molecule has 138 valence electrons. The Labute approximate surface area is 161 Å². The van der Waals surface area contributed by atoms with E-state index >= 15 is 0 Å². The molecule has 0 aromatic heterocycles. The number of nitrogens with one attached hydrogen (secondary N) is 2. The zero-order chi connectivity index (χ0) is 19.1. The van der Waals surface area contributed by atoms with E-state index in [0.717, 1.165) is 5.56 Å². The minimum Gasteiger partial charge on any atom is -0.489 e. The molecule has 3 aromatic carbocycles. The van der Waals surface area contributed by atoms with Crippen molar-refractivity contribution in [2.45, 2.75) is 6.61 Å². The molecule has 0 aliphatic heterocycles. The third kappa shape index (κ3) is 6.01. The predicted molar refractivity (Wildman–Crippen MR) is 106 cm³/mol. The van der Waals surface area contributed by atoms with Gasteiger partial charge in [0.25, 0.3) is 0 Å². The first-order chi connectivity index (χ1) is 13.1. The molecule has 0 unspecified atom stereocenters. The summed E-state index contributed by atoms with van der Waals surface area (Å²) in [5.41, 5.74) is 2.36. The normalized spacial score (nSPS) is 10.3. The molecule has 0 fully saturated rings. The van der Waals surface area contributed by atoms with Gasteiger partial charge in [-0.3, -0.25) is 4.79 Å². The topological polar surface area (TPSA) is 50.4 Å². The molecule has 27 heavy (non-hydrogen) atoms. The number of benzene rings is 3. The van der Waals surface area contributed by atoms with E-state index in [4.69, 9.17) is 16.3 Å². The lowest BCUT2D eigenvalue weighted by molar-refractivity contribution is -0.114. The van der Waals surface area contributed by atoms with Gasteiger partial charge in [-0.15, -0.1) is 0 Å². The van der Waals surface area contributed by atoms with E-state index < -0.39 is 0 Å². The van der Waals surface area contributed by atoms with Crippen molar-refractivity contribution < 1.29 is 13.9 Å². The van der Waals surface area contributed by atoms with Crippen LogP contribution in [0.5, 0.6) is 5.75 Å². The number of amides is 1. The lowest BCUT2D eigenvalue weighted by Gasteiger charge is -2.10. The van der Waals surface area contributed by atoms with Crippen molar-refractivity contribution in [2.75, 3.05) is 17.2 Å². The Morgan fingerprint density at radius 1 is 0.889 bits per heavy atom. The maximum atomic E-state index is 12.9. The standard InChI is InChI=1S/C21H18ClFN2O2/c22-16-3-1-15(2-4-16)14-27-20-11-9-19(10-12-20)25-21(26)13-24-18-7-5-17(23)6-8-18/h1-12,24H,13-14H2,(H,25,26). The molecule has 0 saturated heterocycles. The van der Waals surface area contributed by atoms with Crippen LogP contribution in [-0.4, -0.2) is 12.5 Å². The summed E-state index contributed by atoms with van der Waals surface area (Å²) in [4.78, 5) is 12.0. The van der Waals surface area contributed by atoms with E-state index in [1.54, 1.807) is 36.4 Å². The Kier molecular flexibility index (Phi) is 6.28. The molecule has 2 N–H and O–H groups in total. The summed E-state index contributed by atoms with van der Waals surface area (Å²) >= 11 is 5.86. The minimum absolute atomic E-state index is 0.0838. The lowest BCUT2D eigenvalue weighted by atomic mass is 10.2. The summed E-state index contributed by atoms with van der Waals surface area (Å²) in [7, 11) is 0. The van der Waals surface area contributed by atoms with E-state index in [0.29, 0.717) is 28.8 Å². The van der Waals surface area contributed by atoms with Gasteiger partial charge in [-0.05, 0) is 66.2 Å². The Morgan fingerprint density at radius 2 is 1.52 bits per heavy atom.